The Bertz CT molecular complexity index is 142. The molecule has 2 unspecified atom stereocenters. The Morgan fingerprint density at radius 2 is 1.58 bits per heavy atom. The third-order valence-corrected chi connectivity index (χ3v) is 3.05. The van der Waals surface area contributed by atoms with E-state index < -0.39 is 6.43 Å². The van der Waals surface area contributed by atoms with Gasteiger partial charge in [-0.05, 0) is 37.8 Å². The quantitative estimate of drug-likeness (QED) is 0.677. The number of nitrogens with one attached hydrogen (secondary N) is 1. The lowest BCUT2D eigenvalue weighted by atomic mass is 10.0. The smallest absolute Gasteiger partial charge is 0.241 e. The molecule has 0 radical (unpaired) electrons. The van der Waals surface area contributed by atoms with E-state index in [1.165, 1.54) is 0 Å². The van der Waals surface area contributed by atoms with Gasteiger partial charge in [0.05, 0.1) is 0 Å². The van der Waals surface area contributed by atoms with Crippen LogP contribution in [0.4, 0.5) is 8.78 Å². The molecule has 0 spiro atoms. The van der Waals surface area contributed by atoms with E-state index in [1.54, 1.807) is 0 Å². The average molecular weight is 198 g/mol. The zero-order valence-corrected chi connectivity index (χ0v) is 7.62. The minimum Gasteiger partial charge on any atom is -0.316 e. The van der Waals surface area contributed by atoms with Crippen LogP contribution in [0.3, 0.4) is 0 Å². The molecule has 1 N–H and O–H groups in total. The highest BCUT2D eigenvalue weighted by Gasteiger charge is 2.40. The lowest BCUT2D eigenvalue weighted by molar-refractivity contribution is 0.0764. The van der Waals surface area contributed by atoms with E-state index in [9.17, 15) is 8.78 Å². The maximum Gasteiger partial charge on any atom is 0.241 e. The molecule has 1 nitrogen and oxygen atoms in total. The van der Waals surface area contributed by atoms with E-state index in [-0.39, 0.29) is 18.3 Å². The first-order valence-corrected chi connectivity index (χ1v) is 4.26. The Morgan fingerprint density at radius 1 is 1.08 bits per heavy atom. The van der Waals surface area contributed by atoms with Crippen LogP contribution >= 0.6 is 12.4 Å². The second-order valence-electron chi connectivity index (χ2n) is 3.74. The summed E-state index contributed by atoms with van der Waals surface area (Å²) in [5, 5.41) is 3.24. The fraction of sp³-hybridized carbons (Fsp3) is 1.00. The molecule has 0 aromatic carbocycles. The van der Waals surface area contributed by atoms with Gasteiger partial charge >= 0.3 is 0 Å². The van der Waals surface area contributed by atoms with E-state index >= 15 is 0 Å². The Labute approximate surface area is 77.3 Å². The minimum absolute atomic E-state index is 0. The average Bonchev–Trinajstić information content (AvgIpc) is 2.40. The van der Waals surface area contributed by atoms with Gasteiger partial charge in [0.25, 0.3) is 0 Å². The summed E-state index contributed by atoms with van der Waals surface area (Å²) in [6.07, 6.45) is -0.592. The normalized spacial score (nSPS) is 39.8. The van der Waals surface area contributed by atoms with Gasteiger partial charge in [-0.15, -0.1) is 12.4 Å². The van der Waals surface area contributed by atoms with Crippen LogP contribution in [-0.4, -0.2) is 19.5 Å². The lowest BCUT2D eigenvalue weighted by Crippen LogP contribution is -2.15. The zero-order chi connectivity index (χ0) is 7.84. The van der Waals surface area contributed by atoms with Gasteiger partial charge in [-0.2, -0.15) is 0 Å². The molecule has 1 saturated heterocycles. The lowest BCUT2D eigenvalue weighted by Gasteiger charge is -2.08. The molecule has 2 fully saturated rings. The standard InChI is InChI=1S/C8H13F2N.ClH/c9-8(10)5-1-6-3-11-4-7(6)2-5;/h5-8,11H,1-4H2;1H. The summed E-state index contributed by atoms with van der Waals surface area (Å²) in [6.45, 7) is 1.93. The molecule has 0 aromatic heterocycles. The molecule has 4 heteroatoms. The molecule has 1 aliphatic heterocycles. The van der Waals surface area contributed by atoms with Crippen molar-refractivity contribution >= 4 is 12.4 Å². The number of hydrogen-bond donors (Lipinski definition) is 1. The third kappa shape index (κ3) is 1.72. The van der Waals surface area contributed by atoms with Crippen molar-refractivity contribution in [2.75, 3.05) is 13.1 Å². The monoisotopic (exact) mass is 197 g/mol. The number of hydrogen-bond acceptors (Lipinski definition) is 1. The second-order valence-corrected chi connectivity index (χ2v) is 3.74. The topological polar surface area (TPSA) is 12.0 Å². The van der Waals surface area contributed by atoms with Crippen LogP contribution in [-0.2, 0) is 0 Å². The van der Waals surface area contributed by atoms with E-state index in [2.05, 4.69) is 5.32 Å². The van der Waals surface area contributed by atoms with Crippen LogP contribution < -0.4 is 5.32 Å². The molecule has 0 aromatic rings. The van der Waals surface area contributed by atoms with E-state index in [1.807, 2.05) is 0 Å². The fourth-order valence-corrected chi connectivity index (χ4v) is 2.42. The summed E-state index contributed by atoms with van der Waals surface area (Å²) < 4.78 is 24.5. The Hall–Kier alpha value is 0.110. The first kappa shape index (κ1) is 10.2. The molecule has 1 heterocycles. The van der Waals surface area contributed by atoms with Crippen LogP contribution in [0.15, 0.2) is 0 Å². The van der Waals surface area contributed by atoms with Gasteiger partial charge in [0, 0.05) is 5.92 Å². The SMILES string of the molecule is Cl.FC(F)C1CC2CNCC2C1. The molecule has 2 aliphatic rings. The van der Waals surface area contributed by atoms with Crippen molar-refractivity contribution in [3.05, 3.63) is 0 Å². The first-order chi connectivity index (χ1) is 5.27. The summed E-state index contributed by atoms with van der Waals surface area (Å²) in [4.78, 5) is 0. The maximum atomic E-state index is 12.2. The van der Waals surface area contributed by atoms with E-state index in [0.717, 1.165) is 25.9 Å². The summed E-state index contributed by atoms with van der Waals surface area (Å²) in [5.74, 6) is 0.801. The van der Waals surface area contributed by atoms with Gasteiger partial charge in [0.1, 0.15) is 0 Å². The highest BCUT2D eigenvalue weighted by atomic mass is 35.5. The molecular formula is C8H14ClF2N. The van der Waals surface area contributed by atoms with Crippen molar-refractivity contribution in [3.8, 4) is 0 Å². The van der Waals surface area contributed by atoms with Crippen molar-refractivity contribution in [1.82, 2.24) is 5.32 Å². The van der Waals surface area contributed by atoms with Crippen molar-refractivity contribution in [2.24, 2.45) is 17.8 Å². The summed E-state index contributed by atoms with van der Waals surface area (Å²) in [5.41, 5.74) is 0. The van der Waals surface area contributed by atoms with E-state index in [0.29, 0.717) is 11.8 Å². The number of fused-ring (bicyclic) bond motifs is 1. The predicted molar refractivity (Wildman–Crippen MR) is 45.8 cm³/mol. The van der Waals surface area contributed by atoms with Gasteiger partial charge in [-0.1, -0.05) is 0 Å². The van der Waals surface area contributed by atoms with Crippen molar-refractivity contribution in [3.63, 3.8) is 0 Å². The first-order valence-electron chi connectivity index (χ1n) is 4.26. The second kappa shape index (κ2) is 3.88. The summed E-state index contributed by atoms with van der Waals surface area (Å²) >= 11 is 0. The van der Waals surface area contributed by atoms with E-state index in [4.69, 9.17) is 0 Å². The Morgan fingerprint density at radius 3 is 2.00 bits per heavy atom. The number of halogens is 3. The largest absolute Gasteiger partial charge is 0.316 e. The van der Waals surface area contributed by atoms with Gasteiger partial charge in [0.2, 0.25) is 6.43 Å². The van der Waals surface area contributed by atoms with Gasteiger partial charge < -0.3 is 5.32 Å². The molecule has 0 bridgehead atoms. The Balaban J connectivity index is 0.000000720. The van der Waals surface area contributed by atoms with Crippen LogP contribution in [0.2, 0.25) is 0 Å². The highest BCUT2D eigenvalue weighted by Crippen LogP contribution is 2.40. The van der Waals surface area contributed by atoms with Gasteiger partial charge in [0.15, 0.2) is 0 Å². The minimum atomic E-state index is -2.08. The van der Waals surface area contributed by atoms with Crippen LogP contribution in [0.1, 0.15) is 12.8 Å². The number of alkyl halides is 2. The molecule has 2 rings (SSSR count). The van der Waals surface area contributed by atoms with Crippen molar-refractivity contribution in [2.45, 2.75) is 19.3 Å². The molecule has 0 amide bonds. The zero-order valence-electron chi connectivity index (χ0n) is 6.80. The van der Waals surface area contributed by atoms with Crippen LogP contribution in [0, 0.1) is 17.8 Å². The molecule has 2 atom stereocenters. The molecule has 1 aliphatic carbocycles. The number of rotatable bonds is 1. The van der Waals surface area contributed by atoms with Crippen molar-refractivity contribution in [1.29, 1.82) is 0 Å². The Kier molecular flexibility index (Phi) is 3.29. The van der Waals surface area contributed by atoms with Gasteiger partial charge in [-0.3, -0.25) is 0 Å². The maximum absolute atomic E-state index is 12.2. The van der Waals surface area contributed by atoms with Crippen LogP contribution in [0.25, 0.3) is 0 Å². The van der Waals surface area contributed by atoms with Gasteiger partial charge in [-0.25, -0.2) is 8.78 Å². The molecule has 72 valence electrons. The predicted octanol–water partition coefficient (Wildman–Crippen LogP) is 1.92. The summed E-state index contributed by atoms with van der Waals surface area (Å²) in [6, 6.07) is 0. The molecule has 1 saturated carbocycles. The molecular weight excluding hydrogens is 184 g/mol. The molecule has 12 heavy (non-hydrogen) atoms. The third-order valence-electron chi connectivity index (χ3n) is 3.05. The fourth-order valence-electron chi connectivity index (χ4n) is 2.42. The van der Waals surface area contributed by atoms with Crippen molar-refractivity contribution < 1.29 is 8.78 Å². The highest BCUT2D eigenvalue weighted by molar-refractivity contribution is 5.85. The van der Waals surface area contributed by atoms with Crippen LogP contribution in [0.5, 0.6) is 0 Å². The summed E-state index contributed by atoms with van der Waals surface area (Å²) in [7, 11) is 0.